The molecule has 1 saturated carbocycles. The van der Waals surface area contributed by atoms with Gasteiger partial charge < -0.3 is 4.90 Å². The van der Waals surface area contributed by atoms with Gasteiger partial charge in [0.1, 0.15) is 0 Å². The molecule has 2 fully saturated rings. The fourth-order valence-corrected chi connectivity index (χ4v) is 4.16. The Labute approximate surface area is 129 Å². The third-order valence-corrected chi connectivity index (χ3v) is 5.47. The van der Waals surface area contributed by atoms with E-state index in [1.165, 1.54) is 31.0 Å². The van der Waals surface area contributed by atoms with Crippen molar-refractivity contribution in [2.24, 2.45) is 0 Å². The quantitative estimate of drug-likeness (QED) is 0.798. The van der Waals surface area contributed by atoms with Crippen LogP contribution in [-0.2, 0) is 4.79 Å². The number of hydrogen-bond donors (Lipinski definition) is 0. The highest BCUT2D eigenvalue weighted by Gasteiger charge is 2.27. The van der Waals surface area contributed by atoms with Crippen LogP contribution in [0.4, 0.5) is 0 Å². The molecule has 2 heterocycles. The Balaban J connectivity index is 1.64. The van der Waals surface area contributed by atoms with E-state index in [-0.39, 0.29) is 11.2 Å². The molecule has 1 aromatic rings. The monoisotopic (exact) mass is 309 g/mol. The van der Waals surface area contributed by atoms with Gasteiger partial charge in [-0.1, -0.05) is 31.0 Å². The summed E-state index contributed by atoms with van der Waals surface area (Å²) >= 11 is 1.50. The first-order valence-electron chi connectivity index (χ1n) is 7.99. The number of rotatable bonds is 4. The molecule has 7 heteroatoms. The summed E-state index contributed by atoms with van der Waals surface area (Å²) in [6.07, 6.45) is 8.35. The Morgan fingerprint density at radius 3 is 2.62 bits per heavy atom. The van der Waals surface area contributed by atoms with Crippen molar-refractivity contribution in [3.63, 3.8) is 0 Å². The first-order valence-corrected chi connectivity index (χ1v) is 8.87. The van der Waals surface area contributed by atoms with E-state index in [0.717, 1.165) is 43.9 Å². The van der Waals surface area contributed by atoms with Crippen LogP contribution in [0.2, 0.25) is 0 Å². The van der Waals surface area contributed by atoms with E-state index in [9.17, 15) is 4.79 Å². The molecule has 1 atom stereocenters. The second-order valence-electron chi connectivity index (χ2n) is 5.99. The van der Waals surface area contributed by atoms with Gasteiger partial charge in [0, 0.05) is 13.1 Å². The molecule has 0 N–H and O–H groups in total. The Morgan fingerprint density at radius 1 is 1.19 bits per heavy atom. The minimum absolute atomic E-state index is 0.114. The second-order valence-corrected chi connectivity index (χ2v) is 7.30. The molecule has 1 saturated heterocycles. The van der Waals surface area contributed by atoms with Gasteiger partial charge in [0.15, 0.2) is 0 Å². The minimum Gasteiger partial charge on any atom is -0.342 e. The van der Waals surface area contributed by atoms with Crippen LogP contribution in [0, 0.1) is 0 Å². The number of carbonyl (C=O) groups is 1. The van der Waals surface area contributed by atoms with E-state index in [4.69, 9.17) is 0 Å². The number of thioether (sulfide) groups is 1. The number of carbonyl (C=O) groups excluding carboxylic acids is 1. The number of amides is 1. The predicted molar refractivity (Wildman–Crippen MR) is 81.1 cm³/mol. The third kappa shape index (κ3) is 3.39. The van der Waals surface area contributed by atoms with Gasteiger partial charge in [-0.15, -0.1) is 5.10 Å². The molecule has 0 spiro atoms. The van der Waals surface area contributed by atoms with E-state index < -0.39 is 0 Å². The number of aromatic nitrogens is 4. The lowest BCUT2D eigenvalue weighted by Gasteiger charge is -2.23. The Bertz CT molecular complexity index is 479. The van der Waals surface area contributed by atoms with Gasteiger partial charge in [-0.3, -0.25) is 4.79 Å². The van der Waals surface area contributed by atoms with Crippen LogP contribution in [0.1, 0.15) is 57.9 Å². The molecule has 0 bridgehead atoms. The van der Waals surface area contributed by atoms with Gasteiger partial charge in [-0.2, -0.15) is 0 Å². The van der Waals surface area contributed by atoms with Gasteiger partial charge in [0.2, 0.25) is 11.1 Å². The molecular formula is C14H23N5OS. The maximum Gasteiger partial charge on any atom is 0.235 e. The third-order valence-electron chi connectivity index (χ3n) is 4.43. The zero-order valence-corrected chi connectivity index (χ0v) is 13.4. The molecule has 0 aromatic carbocycles. The fraction of sp³-hybridized carbons (Fsp3) is 0.857. The van der Waals surface area contributed by atoms with Crippen molar-refractivity contribution in [3.05, 3.63) is 0 Å². The van der Waals surface area contributed by atoms with Crippen molar-refractivity contribution < 1.29 is 4.79 Å². The summed E-state index contributed by atoms with van der Waals surface area (Å²) in [4.78, 5) is 14.4. The van der Waals surface area contributed by atoms with Crippen LogP contribution in [-0.4, -0.2) is 49.4 Å². The highest BCUT2D eigenvalue weighted by molar-refractivity contribution is 8.00. The van der Waals surface area contributed by atoms with Gasteiger partial charge in [-0.05, 0) is 43.0 Å². The zero-order chi connectivity index (χ0) is 14.7. The van der Waals surface area contributed by atoms with Gasteiger partial charge >= 0.3 is 0 Å². The van der Waals surface area contributed by atoms with Crippen molar-refractivity contribution in [1.29, 1.82) is 0 Å². The smallest absolute Gasteiger partial charge is 0.235 e. The molecule has 21 heavy (non-hydrogen) atoms. The van der Waals surface area contributed by atoms with Crippen molar-refractivity contribution in [3.8, 4) is 0 Å². The number of likely N-dealkylation sites (tertiary alicyclic amines) is 1. The van der Waals surface area contributed by atoms with Crippen LogP contribution >= 0.6 is 11.8 Å². The van der Waals surface area contributed by atoms with Crippen LogP contribution in [0.25, 0.3) is 0 Å². The van der Waals surface area contributed by atoms with Crippen molar-refractivity contribution in [2.75, 3.05) is 13.1 Å². The van der Waals surface area contributed by atoms with E-state index in [0.29, 0.717) is 6.04 Å². The maximum absolute atomic E-state index is 12.4. The largest absolute Gasteiger partial charge is 0.342 e. The summed E-state index contributed by atoms with van der Waals surface area (Å²) in [5, 5.41) is 12.8. The maximum atomic E-state index is 12.4. The number of nitrogens with zero attached hydrogens (tertiary/aromatic N) is 5. The molecule has 1 amide bonds. The minimum atomic E-state index is -0.114. The van der Waals surface area contributed by atoms with Crippen LogP contribution in [0.5, 0.6) is 0 Å². The number of hydrogen-bond acceptors (Lipinski definition) is 5. The van der Waals surface area contributed by atoms with Gasteiger partial charge in [0.05, 0.1) is 11.3 Å². The van der Waals surface area contributed by atoms with E-state index in [2.05, 4.69) is 15.5 Å². The molecule has 116 valence electrons. The topological polar surface area (TPSA) is 63.9 Å². The molecule has 0 radical (unpaired) electrons. The molecule has 3 rings (SSSR count). The summed E-state index contributed by atoms with van der Waals surface area (Å²) in [6.45, 7) is 3.76. The fourth-order valence-electron chi connectivity index (χ4n) is 3.22. The van der Waals surface area contributed by atoms with E-state index in [1.54, 1.807) is 0 Å². The second kappa shape index (κ2) is 6.77. The Morgan fingerprint density at radius 2 is 1.90 bits per heavy atom. The molecule has 1 aliphatic heterocycles. The van der Waals surface area contributed by atoms with Gasteiger partial charge in [-0.25, -0.2) is 4.68 Å². The molecule has 1 aromatic heterocycles. The Hall–Kier alpha value is -1.11. The summed E-state index contributed by atoms with van der Waals surface area (Å²) in [6, 6.07) is 0.408. The first-order chi connectivity index (χ1) is 10.3. The van der Waals surface area contributed by atoms with Crippen LogP contribution in [0.15, 0.2) is 5.16 Å². The lowest BCUT2D eigenvalue weighted by atomic mass is 9.96. The highest BCUT2D eigenvalue weighted by atomic mass is 32.2. The van der Waals surface area contributed by atoms with Crippen molar-refractivity contribution >= 4 is 17.7 Å². The normalized spacial score (nSPS) is 21.7. The highest BCUT2D eigenvalue weighted by Crippen LogP contribution is 2.31. The zero-order valence-electron chi connectivity index (χ0n) is 12.6. The summed E-state index contributed by atoms with van der Waals surface area (Å²) in [5.41, 5.74) is 0. The molecule has 2 aliphatic rings. The predicted octanol–water partition coefficient (Wildman–Crippen LogP) is 2.28. The van der Waals surface area contributed by atoms with Crippen molar-refractivity contribution in [2.45, 2.75) is 68.3 Å². The van der Waals surface area contributed by atoms with Crippen molar-refractivity contribution in [1.82, 2.24) is 25.1 Å². The first kappa shape index (κ1) is 14.8. The summed E-state index contributed by atoms with van der Waals surface area (Å²) in [5.74, 6) is 0.218. The molecular weight excluding hydrogens is 286 g/mol. The van der Waals surface area contributed by atoms with E-state index >= 15 is 0 Å². The summed E-state index contributed by atoms with van der Waals surface area (Å²) in [7, 11) is 0. The van der Waals surface area contributed by atoms with Gasteiger partial charge in [0.25, 0.3) is 0 Å². The molecule has 6 nitrogen and oxygen atoms in total. The average molecular weight is 309 g/mol. The molecule has 1 unspecified atom stereocenters. The van der Waals surface area contributed by atoms with Crippen LogP contribution < -0.4 is 0 Å². The molecule has 1 aliphatic carbocycles. The average Bonchev–Trinajstić information content (AvgIpc) is 3.19. The standard InChI is InChI=1S/C14H23N5OS/c1-11(13(20)18-9-5-6-10-18)21-14-15-16-17-19(14)12-7-3-2-4-8-12/h11-12H,2-10H2,1H3. The van der Waals surface area contributed by atoms with Crippen LogP contribution in [0.3, 0.4) is 0 Å². The Kier molecular flexibility index (Phi) is 4.77. The summed E-state index contributed by atoms with van der Waals surface area (Å²) < 4.78 is 1.94. The SMILES string of the molecule is CC(Sc1nnnn1C1CCCCC1)C(=O)N1CCCC1. The number of tetrazole rings is 1. The lowest BCUT2D eigenvalue weighted by Crippen LogP contribution is -2.34. The van der Waals surface area contributed by atoms with E-state index in [1.807, 2.05) is 16.5 Å². The lowest BCUT2D eigenvalue weighted by molar-refractivity contribution is -0.129.